The fourth-order valence-electron chi connectivity index (χ4n) is 0.508. The number of alkyl halides is 2. The van der Waals surface area contributed by atoms with Crippen LogP contribution in [0.15, 0.2) is 0 Å². The van der Waals surface area contributed by atoms with Gasteiger partial charge in [-0.05, 0) is 0 Å². The Morgan fingerprint density at radius 3 is 2.30 bits per heavy atom. The van der Waals surface area contributed by atoms with Gasteiger partial charge in [-0.3, -0.25) is 4.79 Å². The van der Waals surface area contributed by atoms with Gasteiger partial charge in [0.1, 0.15) is 0 Å². The zero-order valence-corrected chi connectivity index (χ0v) is 5.47. The lowest BCUT2D eigenvalue weighted by molar-refractivity contribution is -0.510. The van der Waals surface area contributed by atoms with Crippen LogP contribution in [-0.4, -0.2) is 18.3 Å². The highest BCUT2D eigenvalue weighted by molar-refractivity contribution is 5.85. The van der Waals surface area contributed by atoms with E-state index in [0.29, 0.717) is 0 Å². The molecule has 0 fully saturated rings. The summed E-state index contributed by atoms with van der Waals surface area (Å²) in [5.74, 6) is -1.27. The van der Waals surface area contributed by atoms with E-state index in [1.165, 1.54) is 12.0 Å². The molecule has 0 bridgehead atoms. The van der Waals surface area contributed by atoms with Crippen molar-refractivity contribution in [2.75, 3.05) is 0 Å². The highest BCUT2D eigenvalue weighted by atomic mass is 19.3. The van der Waals surface area contributed by atoms with Crippen LogP contribution in [0.2, 0.25) is 0 Å². The summed E-state index contributed by atoms with van der Waals surface area (Å²) >= 11 is 0. The third-order valence-corrected chi connectivity index (χ3v) is 1.12. The van der Waals surface area contributed by atoms with E-state index < -0.39 is 18.3 Å². The van der Waals surface area contributed by atoms with E-state index >= 15 is 0 Å². The first-order valence-electron chi connectivity index (χ1n) is 2.85. The molecule has 1 atom stereocenters. The van der Waals surface area contributed by atoms with E-state index in [1.807, 2.05) is 0 Å². The van der Waals surface area contributed by atoms with Gasteiger partial charge in [-0.1, -0.05) is 6.92 Å². The SMILES string of the molecule is CCC([NH+]=[N-])C(=O)C(F)F. The van der Waals surface area contributed by atoms with Gasteiger partial charge in [0, 0.05) is 6.42 Å². The number of nitrogens with zero attached hydrogens (tertiary/aromatic N) is 1. The van der Waals surface area contributed by atoms with Crippen LogP contribution < -0.4 is 5.11 Å². The number of hydrogen-bond donors (Lipinski definition) is 1. The Kier molecular flexibility index (Phi) is 3.68. The van der Waals surface area contributed by atoms with Gasteiger partial charge in [-0.15, -0.1) is 0 Å². The molecule has 0 radical (unpaired) electrons. The number of carbonyl (C=O) groups excluding carboxylic acids is 1. The summed E-state index contributed by atoms with van der Waals surface area (Å²) < 4.78 is 23.1. The zero-order valence-electron chi connectivity index (χ0n) is 5.47. The molecule has 0 heterocycles. The molecular formula is C5H8F2N2O. The largest absolute Gasteiger partial charge is 0.508 e. The van der Waals surface area contributed by atoms with Crippen molar-refractivity contribution >= 4 is 5.78 Å². The smallest absolute Gasteiger partial charge is 0.302 e. The average Bonchev–Trinajstić information content (AvgIpc) is 1.90. The van der Waals surface area contributed by atoms with Crippen LogP contribution in [0.3, 0.4) is 0 Å². The summed E-state index contributed by atoms with van der Waals surface area (Å²) in [5.41, 5.74) is 8.14. The Morgan fingerprint density at radius 2 is 2.20 bits per heavy atom. The Morgan fingerprint density at radius 1 is 1.70 bits per heavy atom. The van der Waals surface area contributed by atoms with E-state index in [9.17, 15) is 13.6 Å². The number of Topliss-reactive ketones (excluding diaryl/α,β-unsaturated/α-hetero) is 1. The predicted octanol–water partition coefficient (Wildman–Crippen LogP) is -0.299. The number of rotatable bonds is 4. The maximum Gasteiger partial charge on any atom is 0.302 e. The minimum atomic E-state index is -3.01. The van der Waals surface area contributed by atoms with Gasteiger partial charge in [0.25, 0.3) is 5.78 Å². The maximum absolute atomic E-state index is 11.6. The van der Waals surface area contributed by atoms with Crippen LogP contribution in [0.4, 0.5) is 8.78 Å². The Balaban J connectivity index is 4.02. The van der Waals surface area contributed by atoms with E-state index in [2.05, 4.69) is 0 Å². The highest BCUT2D eigenvalue weighted by Gasteiger charge is 2.26. The molecule has 1 unspecified atom stereocenters. The number of hydrogen-bond acceptors (Lipinski definition) is 1. The molecule has 0 aliphatic heterocycles. The van der Waals surface area contributed by atoms with Crippen LogP contribution in [-0.2, 0) is 4.79 Å². The van der Waals surface area contributed by atoms with Crippen molar-refractivity contribution in [3.05, 3.63) is 5.53 Å². The van der Waals surface area contributed by atoms with E-state index in [0.717, 1.165) is 0 Å². The van der Waals surface area contributed by atoms with Crippen LogP contribution in [0.25, 0.3) is 5.53 Å². The second kappa shape index (κ2) is 4.03. The van der Waals surface area contributed by atoms with Crippen molar-refractivity contribution in [2.24, 2.45) is 0 Å². The topological polar surface area (TPSA) is 53.3 Å². The van der Waals surface area contributed by atoms with Gasteiger partial charge in [-0.25, -0.2) is 8.78 Å². The van der Waals surface area contributed by atoms with Crippen molar-refractivity contribution in [1.82, 2.24) is 0 Å². The van der Waals surface area contributed by atoms with Crippen molar-refractivity contribution in [3.8, 4) is 0 Å². The number of carbonyl (C=O) groups is 1. The predicted molar refractivity (Wildman–Crippen MR) is 29.4 cm³/mol. The first-order chi connectivity index (χ1) is 4.63. The zero-order chi connectivity index (χ0) is 8.15. The monoisotopic (exact) mass is 150 g/mol. The molecule has 5 heteroatoms. The van der Waals surface area contributed by atoms with E-state index in [4.69, 9.17) is 5.53 Å². The van der Waals surface area contributed by atoms with Gasteiger partial charge < -0.3 is 10.6 Å². The molecule has 0 saturated carbocycles. The lowest BCUT2D eigenvalue weighted by atomic mass is 10.1. The molecule has 10 heavy (non-hydrogen) atoms. The number of halogens is 2. The second-order valence-corrected chi connectivity index (χ2v) is 1.79. The van der Waals surface area contributed by atoms with E-state index in [-0.39, 0.29) is 6.42 Å². The minimum absolute atomic E-state index is 0.152. The number of nitrogens with one attached hydrogen (secondary N) is 1. The molecule has 3 nitrogen and oxygen atoms in total. The van der Waals surface area contributed by atoms with Crippen molar-refractivity contribution < 1.29 is 18.7 Å². The standard InChI is InChI=1S/C5H8F2N2O/c1-2-3(9-8)4(10)5(6)7/h3,5,9H,2H2,1H3. The Labute approximate surface area is 56.9 Å². The molecule has 0 aromatic rings. The molecule has 0 aromatic carbocycles. The molecule has 0 spiro atoms. The second-order valence-electron chi connectivity index (χ2n) is 1.79. The Hall–Kier alpha value is -0.870. The van der Waals surface area contributed by atoms with Crippen molar-refractivity contribution in [2.45, 2.75) is 25.8 Å². The van der Waals surface area contributed by atoms with Crippen LogP contribution in [0, 0.1) is 0 Å². The van der Waals surface area contributed by atoms with Gasteiger partial charge in [0.05, 0.1) is 0 Å². The first-order valence-corrected chi connectivity index (χ1v) is 2.85. The van der Waals surface area contributed by atoms with Gasteiger partial charge in [0.2, 0.25) is 6.04 Å². The molecule has 1 N–H and O–H groups in total. The Bertz CT molecular complexity index is 138. The van der Waals surface area contributed by atoms with Gasteiger partial charge in [0.15, 0.2) is 0 Å². The third kappa shape index (κ3) is 2.16. The quantitative estimate of drug-likeness (QED) is 0.549. The number of ketones is 1. The average molecular weight is 150 g/mol. The lowest BCUT2D eigenvalue weighted by Gasteiger charge is -2.02. The molecule has 0 amide bonds. The molecular weight excluding hydrogens is 142 g/mol. The first kappa shape index (κ1) is 9.13. The van der Waals surface area contributed by atoms with E-state index in [1.54, 1.807) is 0 Å². The summed E-state index contributed by atoms with van der Waals surface area (Å²) in [5, 5.41) is 1.50. The van der Waals surface area contributed by atoms with Crippen LogP contribution in [0.5, 0.6) is 0 Å². The molecule has 0 rings (SSSR count). The molecule has 0 aromatic heterocycles. The summed E-state index contributed by atoms with van der Waals surface area (Å²) in [6, 6.07) is -1.14. The summed E-state index contributed by atoms with van der Waals surface area (Å²) in [6.45, 7) is 1.52. The van der Waals surface area contributed by atoms with Crippen LogP contribution in [0.1, 0.15) is 13.3 Å². The lowest BCUT2D eigenvalue weighted by Crippen LogP contribution is -2.75. The van der Waals surface area contributed by atoms with Gasteiger partial charge >= 0.3 is 6.43 Å². The van der Waals surface area contributed by atoms with Crippen LogP contribution >= 0.6 is 0 Å². The maximum atomic E-state index is 11.6. The minimum Gasteiger partial charge on any atom is -0.508 e. The molecule has 0 aliphatic rings. The summed E-state index contributed by atoms with van der Waals surface area (Å²) in [4.78, 5) is 10.3. The summed E-state index contributed by atoms with van der Waals surface area (Å²) in [6.07, 6.45) is -2.86. The van der Waals surface area contributed by atoms with Crippen molar-refractivity contribution in [3.63, 3.8) is 0 Å². The molecule has 58 valence electrons. The molecule has 0 aliphatic carbocycles. The van der Waals surface area contributed by atoms with Crippen molar-refractivity contribution in [1.29, 1.82) is 0 Å². The summed E-state index contributed by atoms with van der Waals surface area (Å²) in [7, 11) is 0. The highest BCUT2D eigenvalue weighted by Crippen LogP contribution is 1.98. The van der Waals surface area contributed by atoms with Gasteiger partial charge in [-0.2, -0.15) is 0 Å². The third-order valence-electron chi connectivity index (χ3n) is 1.12. The normalized spacial score (nSPS) is 13.2. The molecule has 0 saturated heterocycles. The fourth-order valence-corrected chi connectivity index (χ4v) is 0.508. The fraction of sp³-hybridized carbons (Fsp3) is 0.800.